The molecule has 1 aromatic carbocycles. The van der Waals surface area contributed by atoms with E-state index in [4.69, 9.17) is 4.74 Å². The molecule has 3 aromatic rings. The fourth-order valence-electron chi connectivity index (χ4n) is 2.69. The van der Waals surface area contributed by atoms with Crippen molar-refractivity contribution in [2.45, 2.75) is 33.1 Å². The second-order valence-electron chi connectivity index (χ2n) is 7.61. The maximum atomic E-state index is 12.3. The Labute approximate surface area is 163 Å². The van der Waals surface area contributed by atoms with E-state index in [1.807, 2.05) is 58.0 Å². The lowest BCUT2D eigenvalue weighted by molar-refractivity contribution is 0.0945. The summed E-state index contributed by atoms with van der Waals surface area (Å²) in [6.07, 6.45) is 1.31. The maximum absolute atomic E-state index is 12.3. The van der Waals surface area contributed by atoms with Crippen LogP contribution in [-0.4, -0.2) is 34.0 Å². The van der Waals surface area contributed by atoms with Crippen molar-refractivity contribution in [3.05, 3.63) is 64.0 Å². The summed E-state index contributed by atoms with van der Waals surface area (Å²) in [5, 5.41) is 3.67. The molecule has 0 spiro atoms. The van der Waals surface area contributed by atoms with Gasteiger partial charge in [0.05, 0.1) is 6.54 Å². The molecule has 0 aliphatic rings. The normalized spacial score (nSPS) is 11.4. The Bertz CT molecular complexity index is 1070. The number of hydrogen-bond acceptors (Lipinski definition) is 5. The first kappa shape index (κ1) is 19.5. The van der Waals surface area contributed by atoms with Crippen LogP contribution in [0.15, 0.2) is 41.3 Å². The first-order valence-corrected chi connectivity index (χ1v) is 9.13. The standard InChI is InChI=1S/C21H24N4O3/c1-13-8-9-14-6-5-7-16(17(14)24-13)28-11-10-22-18(26)15-12-23-20(21(2,3)4)25-19(15)27/h5-9,12H,10-11H2,1-4H3,(H,22,26)(H,23,25,27). The fourth-order valence-corrected chi connectivity index (χ4v) is 2.69. The maximum Gasteiger partial charge on any atom is 0.263 e. The number of pyridine rings is 1. The molecule has 0 bridgehead atoms. The molecule has 0 aliphatic heterocycles. The average Bonchev–Trinajstić information content (AvgIpc) is 2.64. The third-order valence-corrected chi connectivity index (χ3v) is 4.22. The van der Waals surface area contributed by atoms with E-state index < -0.39 is 11.5 Å². The molecule has 2 N–H and O–H groups in total. The minimum Gasteiger partial charge on any atom is -0.489 e. The minimum atomic E-state index is -0.482. The molecule has 0 unspecified atom stereocenters. The number of hydrogen-bond donors (Lipinski definition) is 2. The smallest absolute Gasteiger partial charge is 0.263 e. The lowest BCUT2D eigenvalue weighted by Gasteiger charge is -2.16. The van der Waals surface area contributed by atoms with Crippen LogP contribution >= 0.6 is 0 Å². The first-order chi connectivity index (χ1) is 13.3. The number of aromatic nitrogens is 3. The van der Waals surface area contributed by atoms with E-state index >= 15 is 0 Å². The summed E-state index contributed by atoms with van der Waals surface area (Å²) < 4.78 is 5.78. The number of nitrogens with zero attached hydrogens (tertiary/aromatic N) is 2. The van der Waals surface area contributed by atoms with Crippen LogP contribution in [0.2, 0.25) is 0 Å². The molecule has 0 saturated heterocycles. The first-order valence-electron chi connectivity index (χ1n) is 9.13. The molecular weight excluding hydrogens is 356 g/mol. The van der Waals surface area contributed by atoms with Crippen LogP contribution in [0, 0.1) is 6.92 Å². The molecule has 7 nitrogen and oxygen atoms in total. The molecule has 2 heterocycles. The number of carbonyl (C=O) groups excluding carboxylic acids is 1. The number of aryl methyl sites for hydroxylation is 1. The van der Waals surface area contributed by atoms with Gasteiger partial charge in [0.15, 0.2) is 0 Å². The third-order valence-electron chi connectivity index (χ3n) is 4.22. The molecule has 28 heavy (non-hydrogen) atoms. The molecule has 0 atom stereocenters. The summed E-state index contributed by atoms with van der Waals surface area (Å²) in [6.45, 7) is 8.24. The molecule has 3 rings (SSSR count). The van der Waals surface area contributed by atoms with Crippen molar-refractivity contribution in [3.8, 4) is 5.75 Å². The molecule has 0 aliphatic carbocycles. The number of para-hydroxylation sites is 1. The van der Waals surface area contributed by atoms with Gasteiger partial charge in [-0.2, -0.15) is 0 Å². The number of benzene rings is 1. The van der Waals surface area contributed by atoms with Crippen LogP contribution in [0.25, 0.3) is 10.9 Å². The number of nitrogens with one attached hydrogen (secondary N) is 2. The van der Waals surface area contributed by atoms with Gasteiger partial charge in [-0.15, -0.1) is 0 Å². The lowest BCUT2D eigenvalue weighted by Crippen LogP contribution is -2.34. The Hall–Kier alpha value is -3.22. The van der Waals surface area contributed by atoms with E-state index in [9.17, 15) is 9.59 Å². The van der Waals surface area contributed by atoms with E-state index in [1.165, 1.54) is 6.20 Å². The molecule has 0 saturated carbocycles. The van der Waals surface area contributed by atoms with Gasteiger partial charge in [-0.3, -0.25) is 9.59 Å². The van der Waals surface area contributed by atoms with Gasteiger partial charge in [0.25, 0.3) is 11.5 Å². The van der Waals surface area contributed by atoms with Crippen molar-refractivity contribution in [1.29, 1.82) is 0 Å². The highest BCUT2D eigenvalue weighted by molar-refractivity contribution is 5.93. The Morgan fingerprint density at radius 2 is 2.00 bits per heavy atom. The Balaban J connectivity index is 1.61. The zero-order valence-corrected chi connectivity index (χ0v) is 16.5. The van der Waals surface area contributed by atoms with E-state index in [2.05, 4.69) is 20.3 Å². The second-order valence-corrected chi connectivity index (χ2v) is 7.61. The number of H-pyrrole nitrogens is 1. The van der Waals surface area contributed by atoms with Crippen LogP contribution in [0.3, 0.4) is 0 Å². The van der Waals surface area contributed by atoms with E-state index in [-0.39, 0.29) is 24.1 Å². The van der Waals surface area contributed by atoms with Gasteiger partial charge >= 0.3 is 0 Å². The summed E-state index contributed by atoms with van der Waals surface area (Å²) in [7, 11) is 0. The predicted octanol–water partition coefficient (Wildman–Crippen LogP) is 2.73. The molecule has 1 amide bonds. The SMILES string of the molecule is Cc1ccc2cccc(OCCNC(=O)c3cnc(C(C)(C)C)[nH]c3=O)c2n1. The van der Waals surface area contributed by atoms with Crippen LogP contribution in [0.1, 0.15) is 42.6 Å². The van der Waals surface area contributed by atoms with Crippen LogP contribution in [0.4, 0.5) is 0 Å². The van der Waals surface area contributed by atoms with Crippen LogP contribution in [-0.2, 0) is 5.41 Å². The number of ether oxygens (including phenoxy) is 1. The van der Waals surface area contributed by atoms with Crippen molar-refractivity contribution in [1.82, 2.24) is 20.3 Å². The third kappa shape index (κ3) is 4.36. The van der Waals surface area contributed by atoms with E-state index in [0.717, 1.165) is 16.6 Å². The number of aromatic amines is 1. The van der Waals surface area contributed by atoms with Gasteiger partial charge < -0.3 is 15.0 Å². The van der Waals surface area contributed by atoms with Gasteiger partial charge in [0, 0.05) is 22.7 Å². The van der Waals surface area contributed by atoms with Crippen LogP contribution in [0.5, 0.6) is 5.75 Å². The van der Waals surface area contributed by atoms with Crippen molar-refractivity contribution in [3.63, 3.8) is 0 Å². The van der Waals surface area contributed by atoms with Gasteiger partial charge in [-0.05, 0) is 19.1 Å². The Morgan fingerprint density at radius 3 is 2.71 bits per heavy atom. The van der Waals surface area contributed by atoms with Crippen molar-refractivity contribution in [2.75, 3.05) is 13.2 Å². The van der Waals surface area contributed by atoms with Gasteiger partial charge in [0.2, 0.25) is 0 Å². The summed E-state index contributed by atoms with van der Waals surface area (Å²) in [5.41, 5.74) is 0.921. The van der Waals surface area contributed by atoms with Crippen molar-refractivity contribution >= 4 is 16.8 Å². The second kappa shape index (κ2) is 7.80. The average molecular weight is 380 g/mol. The van der Waals surface area contributed by atoms with E-state index in [0.29, 0.717) is 11.6 Å². The summed E-state index contributed by atoms with van der Waals surface area (Å²) in [4.78, 5) is 35.8. The lowest BCUT2D eigenvalue weighted by atomic mass is 9.96. The molecular formula is C21H24N4O3. The molecule has 146 valence electrons. The number of amides is 1. The number of rotatable bonds is 5. The highest BCUT2D eigenvalue weighted by Gasteiger charge is 2.19. The Kier molecular flexibility index (Phi) is 5.44. The van der Waals surface area contributed by atoms with Gasteiger partial charge in [-0.25, -0.2) is 9.97 Å². The highest BCUT2D eigenvalue weighted by atomic mass is 16.5. The topological polar surface area (TPSA) is 97.0 Å². The number of fused-ring (bicyclic) bond motifs is 1. The Morgan fingerprint density at radius 1 is 1.21 bits per heavy atom. The summed E-state index contributed by atoms with van der Waals surface area (Å²) in [6, 6.07) is 9.65. The van der Waals surface area contributed by atoms with Gasteiger partial charge in [-0.1, -0.05) is 39.0 Å². The van der Waals surface area contributed by atoms with Crippen molar-refractivity contribution < 1.29 is 9.53 Å². The summed E-state index contributed by atoms with van der Waals surface area (Å²) >= 11 is 0. The molecule has 0 radical (unpaired) electrons. The van der Waals surface area contributed by atoms with Crippen LogP contribution < -0.4 is 15.6 Å². The quantitative estimate of drug-likeness (QED) is 0.664. The molecule has 0 fully saturated rings. The highest BCUT2D eigenvalue weighted by Crippen LogP contribution is 2.23. The monoisotopic (exact) mass is 380 g/mol. The molecule has 7 heteroatoms. The largest absolute Gasteiger partial charge is 0.489 e. The zero-order valence-electron chi connectivity index (χ0n) is 16.5. The van der Waals surface area contributed by atoms with Crippen molar-refractivity contribution in [2.24, 2.45) is 0 Å². The summed E-state index contributed by atoms with van der Waals surface area (Å²) in [5.74, 6) is 0.713. The minimum absolute atomic E-state index is 0.0181. The van der Waals surface area contributed by atoms with Gasteiger partial charge in [0.1, 0.15) is 29.3 Å². The predicted molar refractivity (Wildman–Crippen MR) is 108 cm³/mol. The zero-order chi connectivity index (χ0) is 20.3. The molecule has 2 aromatic heterocycles. The fraction of sp³-hybridized carbons (Fsp3) is 0.333. The number of carbonyl (C=O) groups is 1. The van der Waals surface area contributed by atoms with E-state index in [1.54, 1.807) is 0 Å².